The first-order chi connectivity index (χ1) is 10.7. The van der Waals surface area contributed by atoms with E-state index in [0.717, 1.165) is 11.1 Å². The number of benzene rings is 1. The first-order valence-electron chi connectivity index (χ1n) is 7.02. The van der Waals surface area contributed by atoms with Crippen LogP contribution in [-0.4, -0.2) is 30.1 Å². The molecular formula is C17H20N2O3. The highest BCUT2D eigenvalue weighted by Crippen LogP contribution is 2.29. The van der Waals surface area contributed by atoms with Crippen LogP contribution in [0, 0.1) is 0 Å². The van der Waals surface area contributed by atoms with Gasteiger partial charge in [-0.25, -0.2) is 0 Å². The number of hydrogen-bond acceptors (Lipinski definition) is 5. The molecule has 0 aliphatic heterocycles. The number of hydrogen-bond donors (Lipinski definition) is 1. The smallest absolute Gasteiger partial charge is 0.131 e. The normalized spacial score (nSPS) is 12.8. The predicted molar refractivity (Wildman–Crippen MR) is 85.1 cm³/mol. The van der Waals surface area contributed by atoms with E-state index >= 15 is 0 Å². The molecule has 22 heavy (non-hydrogen) atoms. The second-order valence-electron chi connectivity index (χ2n) is 5.00. The van der Waals surface area contributed by atoms with Gasteiger partial charge in [0, 0.05) is 30.4 Å². The first kappa shape index (κ1) is 15.8. The van der Waals surface area contributed by atoms with Gasteiger partial charge >= 0.3 is 0 Å². The lowest BCUT2D eigenvalue weighted by Gasteiger charge is -2.15. The van der Waals surface area contributed by atoms with Crippen molar-refractivity contribution in [3.63, 3.8) is 0 Å². The van der Waals surface area contributed by atoms with E-state index in [-0.39, 0.29) is 5.92 Å². The van der Waals surface area contributed by atoms with Crippen molar-refractivity contribution in [3.8, 4) is 11.5 Å². The minimum atomic E-state index is 0.195. The molecule has 0 spiro atoms. The Morgan fingerprint density at radius 1 is 1.18 bits per heavy atom. The van der Waals surface area contributed by atoms with Crippen LogP contribution in [0.4, 0.5) is 0 Å². The Morgan fingerprint density at radius 3 is 2.50 bits per heavy atom. The zero-order valence-electron chi connectivity index (χ0n) is 13.0. The molecule has 0 saturated carbocycles. The van der Waals surface area contributed by atoms with Crippen molar-refractivity contribution in [2.45, 2.75) is 19.3 Å². The maximum absolute atomic E-state index is 9.41. The average molecular weight is 300 g/mol. The molecule has 0 aliphatic carbocycles. The van der Waals surface area contributed by atoms with Crippen molar-refractivity contribution in [2.75, 3.05) is 14.2 Å². The summed E-state index contributed by atoms with van der Waals surface area (Å²) in [5, 5.41) is 12.9. The number of pyridine rings is 1. The van der Waals surface area contributed by atoms with Crippen LogP contribution in [0.2, 0.25) is 0 Å². The van der Waals surface area contributed by atoms with Crippen LogP contribution < -0.4 is 9.47 Å². The fourth-order valence-electron chi connectivity index (χ4n) is 2.34. The average Bonchev–Trinajstić information content (AvgIpc) is 2.59. The summed E-state index contributed by atoms with van der Waals surface area (Å²) in [6.07, 6.45) is 4.11. The van der Waals surface area contributed by atoms with E-state index in [4.69, 9.17) is 9.47 Å². The molecule has 2 rings (SSSR count). The third kappa shape index (κ3) is 3.55. The molecule has 1 heterocycles. The summed E-state index contributed by atoms with van der Waals surface area (Å²) >= 11 is 0. The SMILES string of the molecule is COc1ccc(C(CC(C)c2ccncc2)=NO)c(OC)c1. The highest BCUT2D eigenvalue weighted by atomic mass is 16.5. The Labute approximate surface area is 130 Å². The van der Waals surface area contributed by atoms with Crippen molar-refractivity contribution in [2.24, 2.45) is 5.16 Å². The second-order valence-corrected chi connectivity index (χ2v) is 5.00. The summed E-state index contributed by atoms with van der Waals surface area (Å²) in [6, 6.07) is 9.36. The van der Waals surface area contributed by atoms with Gasteiger partial charge in [0.25, 0.3) is 0 Å². The zero-order chi connectivity index (χ0) is 15.9. The molecule has 2 aromatic rings. The van der Waals surface area contributed by atoms with Gasteiger partial charge in [0.1, 0.15) is 11.5 Å². The summed E-state index contributed by atoms with van der Waals surface area (Å²) in [5.74, 6) is 1.51. The van der Waals surface area contributed by atoms with Gasteiger partial charge in [-0.1, -0.05) is 12.1 Å². The third-order valence-electron chi connectivity index (χ3n) is 3.61. The fraction of sp³-hybridized carbons (Fsp3) is 0.294. The number of rotatable bonds is 6. The highest BCUT2D eigenvalue weighted by Gasteiger charge is 2.16. The molecular weight excluding hydrogens is 280 g/mol. The van der Waals surface area contributed by atoms with E-state index in [1.54, 1.807) is 32.7 Å². The molecule has 5 nitrogen and oxygen atoms in total. The Balaban J connectivity index is 2.26. The Kier molecular flexibility index (Phi) is 5.36. The maximum atomic E-state index is 9.41. The molecule has 1 unspecified atom stereocenters. The van der Waals surface area contributed by atoms with Gasteiger partial charge in [-0.2, -0.15) is 0 Å². The quantitative estimate of drug-likeness (QED) is 0.504. The summed E-state index contributed by atoms with van der Waals surface area (Å²) in [6.45, 7) is 2.08. The van der Waals surface area contributed by atoms with Gasteiger partial charge < -0.3 is 14.7 Å². The van der Waals surface area contributed by atoms with E-state index in [2.05, 4.69) is 17.1 Å². The monoisotopic (exact) mass is 300 g/mol. The van der Waals surface area contributed by atoms with Gasteiger partial charge in [0.15, 0.2) is 0 Å². The Morgan fingerprint density at radius 2 is 1.91 bits per heavy atom. The molecule has 0 amide bonds. The topological polar surface area (TPSA) is 63.9 Å². The van der Waals surface area contributed by atoms with Crippen LogP contribution in [0.1, 0.15) is 30.4 Å². The second kappa shape index (κ2) is 7.45. The fourth-order valence-corrected chi connectivity index (χ4v) is 2.34. The lowest BCUT2D eigenvalue weighted by molar-refractivity contribution is 0.317. The molecule has 1 aromatic carbocycles. The predicted octanol–water partition coefficient (Wildman–Crippen LogP) is 3.47. The largest absolute Gasteiger partial charge is 0.497 e. The highest BCUT2D eigenvalue weighted by molar-refractivity contribution is 6.03. The molecule has 1 aromatic heterocycles. The van der Waals surface area contributed by atoms with Crippen LogP contribution in [-0.2, 0) is 0 Å². The summed E-state index contributed by atoms with van der Waals surface area (Å²) < 4.78 is 10.6. The number of aromatic nitrogens is 1. The standard InChI is InChI=1S/C17H20N2O3/c1-12(13-6-8-18-9-7-13)10-16(19-20)15-5-4-14(21-2)11-17(15)22-3/h4-9,11-12,20H,10H2,1-3H3. The van der Waals surface area contributed by atoms with E-state index in [0.29, 0.717) is 23.6 Å². The van der Waals surface area contributed by atoms with Crippen molar-refractivity contribution in [1.29, 1.82) is 0 Å². The minimum absolute atomic E-state index is 0.195. The molecule has 0 fully saturated rings. The van der Waals surface area contributed by atoms with Crippen molar-refractivity contribution in [1.82, 2.24) is 4.98 Å². The molecule has 0 radical (unpaired) electrons. The number of nitrogens with zero attached hydrogens (tertiary/aromatic N) is 2. The number of methoxy groups -OCH3 is 2. The Hall–Kier alpha value is -2.56. The van der Waals surface area contributed by atoms with Crippen molar-refractivity contribution < 1.29 is 14.7 Å². The molecule has 0 saturated heterocycles. The molecule has 1 atom stereocenters. The van der Waals surface area contributed by atoms with E-state index in [9.17, 15) is 5.21 Å². The summed E-state index contributed by atoms with van der Waals surface area (Å²) in [4.78, 5) is 4.02. The van der Waals surface area contributed by atoms with Gasteiger partial charge in [0.05, 0.1) is 19.9 Å². The molecule has 0 aliphatic rings. The number of ether oxygens (including phenoxy) is 2. The molecule has 116 valence electrons. The minimum Gasteiger partial charge on any atom is -0.497 e. The third-order valence-corrected chi connectivity index (χ3v) is 3.61. The van der Waals surface area contributed by atoms with Gasteiger partial charge in [0.2, 0.25) is 0 Å². The molecule has 0 bridgehead atoms. The lowest BCUT2D eigenvalue weighted by Crippen LogP contribution is -2.08. The molecule has 1 N–H and O–H groups in total. The summed E-state index contributed by atoms with van der Waals surface area (Å²) in [7, 11) is 3.18. The van der Waals surface area contributed by atoms with Crippen LogP contribution >= 0.6 is 0 Å². The van der Waals surface area contributed by atoms with Gasteiger partial charge in [-0.05, 0) is 35.7 Å². The van der Waals surface area contributed by atoms with E-state index in [1.807, 2.05) is 24.3 Å². The van der Waals surface area contributed by atoms with Gasteiger partial charge in [-0.15, -0.1) is 0 Å². The molecule has 5 heteroatoms. The van der Waals surface area contributed by atoms with Crippen LogP contribution in [0.25, 0.3) is 0 Å². The zero-order valence-corrected chi connectivity index (χ0v) is 13.0. The Bertz CT molecular complexity index is 642. The van der Waals surface area contributed by atoms with Crippen LogP contribution in [0.3, 0.4) is 0 Å². The lowest BCUT2D eigenvalue weighted by atomic mass is 9.93. The van der Waals surface area contributed by atoms with Crippen LogP contribution in [0.15, 0.2) is 47.9 Å². The number of oxime groups is 1. The van der Waals surface area contributed by atoms with Crippen molar-refractivity contribution >= 4 is 5.71 Å². The van der Waals surface area contributed by atoms with Crippen LogP contribution in [0.5, 0.6) is 11.5 Å². The summed E-state index contributed by atoms with van der Waals surface area (Å²) in [5.41, 5.74) is 2.47. The maximum Gasteiger partial charge on any atom is 0.131 e. The van der Waals surface area contributed by atoms with E-state index in [1.165, 1.54) is 0 Å². The van der Waals surface area contributed by atoms with E-state index < -0.39 is 0 Å². The van der Waals surface area contributed by atoms with Crippen molar-refractivity contribution in [3.05, 3.63) is 53.9 Å². The van der Waals surface area contributed by atoms with Gasteiger partial charge in [-0.3, -0.25) is 4.98 Å². The first-order valence-corrected chi connectivity index (χ1v) is 7.02.